The summed E-state index contributed by atoms with van der Waals surface area (Å²) in [5.74, 6) is 0.0876. The Morgan fingerprint density at radius 1 is 1.26 bits per heavy atom. The summed E-state index contributed by atoms with van der Waals surface area (Å²) in [6.45, 7) is 0.421. The van der Waals surface area contributed by atoms with Crippen molar-refractivity contribution < 1.29 is 22.7 Å². The van der Waals surface area contributed by atoms with Crippen LogP contribution in [0.3, 0.4) is 0 Å². The predicted octanol–water partition coefficient (Wildman–Crippen LogP) is 3.34. The average Bonchev–Trinajstić information content (AvgIpc) is 2.30. The highest BCUT2D eigenvalue weighted by atomic mass is 35.5. The molecule has 0 aliphatic rings. The van der Waals surface area contributed by atoms with E-state index >= 15 is 0 Å². The normalized spacial score (nSPS) is 10.9. The van der Waals surface area contributed by atoms with Crippen LogP contribution in [0.5, 0.6) is 5.75 Å². The molecular weight excluding hydrogens is 285 g/mol. The first-order valence-corrected chi connectivity index (χ1v) is 5.91. The first-order valence-electron chi connectivity index (χ1n) is 5.37. The molecule has 106 valence electrons. The molecule has 0 aliphatic heterocycles. The summed E-state index contributed by atoms with van der Waals surface area (Å²) < 4.78 is 39.4. The highest BCUT2D eigenvalue weighted by Crippen LogP contribution is 2.23. The van der Waals surface area contributed by atoms with E-state index in [9.17, 15) is 18.0 Å². The highest BCUT2D eigenvalue weighted by Gasteiger charge is 2.30. The zero-order valence-corrected chi connectivity index (χ0v) is 10.5. The number of hydrogen-bond donors (Lipinski definition) is 2. The molecule has 4 nitrogen and oxygen atoms in total. The van der Waals surface area contributed by atoms with Crippen LogP contribution in [0.1, 0.15) is 6.42 Å². The number of benzene rings is 1. The van der Waals surface area contributed by atoms with Gasteiger partial charge in [0, 0.05) is 18.1 Å². The Hall–Kier alpha value is -1.63. The average molecular weight is 297 g/mol. The van der Waals surface area contributed by atoms with Crippen molar-refractivity contribution in [2.45, 2.75) is 12.8 Å². The van der Waals surface area contributed by atoms with Gasteiger partial charge in [-0.1, -0.05) is 0 Å². The minimum atomic E-state index is -4.73. The molecule has 1 aromatic rings. The smallest absolute Gasteiger partial charge is 0.406 e. The summed E-state index contributed by atoms with van der Waals surface area (Å²) in [6, 6.07) is 4.39. The van der Waals surface area contributed by atoms with E-state index in [0.717, 1.165) is 12.1 Å². The van der Waals surface area contributed by atoms with Crippen LogP contribution in [0.4, 0.5) is 23.7 Å². The van der Waals surface area contributed by atoms with Gasteiger partial charge < -0.3 is 15.4 Å². The number of nitrogens with one attached hydrogen (secondary N) is 2. The fourth-order valence-corrected chi connectivity index (χ4v) is 1.32. The van der Waals surface area contributed by atoms with Crippen molar-refractivity contribution in [3.05, 3.63) is 24.3 Å². The van der Waals surface area contributed by atoms with Crippen molar-refractivity contribution in [1.82, 2.24) is 5.32 Å². The van der Waals surface area contributed by atoms with Crippen molar-refractivity contribution in [2.24, 2.45) is 0 Å². The van der Waals surface area contributed by atoms with Gasteiger partial charge in [-0.3, -0.25) is 0 Å². The molecule has 0 spiro atoms. The second kappa shape index (κ2) is 7.08. The van der Waals surface area contributed by atoms with Crippen molar-refractivity contribution in [1.29, 1.82) is 0 Å². The number of anilines is 1. The van der Waals surface area contributed by atoms with E-state index in [4.69, 9.17) is 11.6 Å². The molecule has 0 fully saturated rings. The van der Waals surface area contributed by atoms with Crippen LogP contribution in [-0.4, -0.2) is 24.8 Å². The number of hydrogen-bond acceptors (Lipinski definition) is 2. The maximum atomic E-state index is 11.9. The first-order chi connectivity index (χ1) is 8.90. The summed E-state index contributed by atoms with van der Waals surface area (Å²) in [4.78, 5) is 11.3. The number of rotatable bonds is 5. The van der Waals surface area contributed by atoms with E-state index in [-0.39, 0.29) is 5.75 Å². The van der Waals surface area contributed by atoms with Crippen LogP contribution in [-0.2, 0) is 0 Å². The van der Waals surface area contributed by atoms with Gasteiger partial charge in [0.1, 0.15) is 5.75 Å². The lowest BCUT2D eigenvalue weighted by molar-refractivity contribution is -0.274. The Balaban J connectivity index is 2.46. The Morgan fingerprint density at radius 3 is 2.42 bits per heavy atom. The molecule has 1 aromatic carbocycles. The molecule has 0 aromatic heterocycles. The molecule has 0 aliphatic carbocycles. The summed E-state index contributed by atoms with van der Waals surface area (Å²) >= 11 is 5.44. The first kappa shape index (κ1) is 15.4. The van der Waals surface area contributed by atoms with Gasteiger partial charge in [-0.05, 0) is 30.7 Å². The number of amides is 2. The Bertz CT molecular complexity index is 409. The zero-order chi connectivity index (χ0) is 14.3. The molecular formula is C11H12ClF3N2O2. The van der Waals surface area contributed by atoms with Crippen LogP contribution in [0, 0.1) is 0 Å². The number of ether oxygens (including phenoxy) is 1. The third-order valence-electron chi connectivity index (χ3n) is 1.94. The molecule has 0 saturated carbocycles. The monoisotopic (exact) mass is 296 g/mol. The second-order valence-electron chi connectivity index (χ2n) is 3.50. The van der Waals surface area contributed by atoms with Gasteiger partial charge in [0.25, 0.3) is 0 Å². The second-order valence-corrected chi connectivity index (χ2v) is 3.87. The molecule has 19 heavy (non-hydrogen) atoms. The minimum Gasteiger partial charge on any atom is -0.406 e. The number of carbonyl (C=O) groups excluding carboxylic acids is 1. The van der Waals surface area contributed by atoms with Gasteiger partial charge in [0.05, 0.1) is 0 Å². The lowest BCUT2D eigenvalue weighted by Crippen LogP contribution is -2.29. The van der Waals surface area contributed by atoms with Crippen molar-refractivity contribution in [2.75, 3.05) is 17.7 Å². The molecule has 0 saturated heterocycles. The predicted molar refractivity (Wildman–Crippen MR) is 65.5 cm³/mol. The van der Waals surface area contributed by atoms with E-state index < -0.39 is 12.4 Å². The summed E-state index contributed by atoms with van der Waals surface area (Å²) in [5.41, 5.74) is 0.359. The molecule has 0 atom stereocenters. The third kappa shape index (κ3) is 6.76. The highest BCUT2D eigenvalue weighted by molar-refractivity contribution is 6.17. The Kier molecular flexibility index (Phi) is 5.75. The van der Waals surface area contributed by atoms with Crippen molar-refractivity contribution >= 4 is 23.3 Å². The quantitative estimate of drug-likeness (QED) is 0.647. The maximum absolute atomic E-state index is 11.9. The Labute approximate surface area is 112 Å². The maximum Gasteiger partial charge on any atom is 0.573 e. The topological polar surface area (TPSA) is 50.4 Å². The van der Waals surface area contributed by atoms with Crippen LogP contribution in [0.25, 0.3) is 0 Å². The van der Waals surface area contributed by atoms with Gasteiger partial charge in [0.15, 0.2) is 0 Å². The SMILES string of the molecule is O=C(NCCCCl)Nc1ccc(OC(F)(F)F)cc1. The lowest BCUT2D eigenvalue weighted by Gasteiger charge is -2.10. The minimum absolute atomic E-state index is 0.347. The van der Waals surface area contributed by atoms with Gasteiger partial charge in [-0.2, -0.15) is 0 Å². The summed E-state index contributed by atoms with van der Waals surface area (Å²) in [5, 5.41) is 5.00. The van der Waals surface area contributed by atoms with Gasteiger partial charge in [-0.25, -0.2) is 4.79 Å². The molecule has 2 N–H and O–H groups in total. The van der Waals surface area contributed by atoms with Gasteiger partial charge in [-0.15, -0.1) is 24.8 Å². The largest absolute Gasteiger partial charge is 0.573 e. The van der Waals surface area contributed by atoms with Crippen LogP contribution < -0.4 is 15.4 Å². The van der Waals surface area contributed by atoms with Crippen LogP contribution >= 0.6 is 11.6 Å². The molecule has 1 rings (SSSR count). The Morgan fingerprint density at radius 2 is 1.89 bits per heavy atom. The lowest BCUT2D eigenvalue weighted by atomic mass is 10.3. The van der Waals surface area contributed by atoms with E-state index in [1.165, 1.54) is 12.1 Å². The fraction of sp³-hybridized carbons (Fsp3) is 0.364. The molecule has 0 unspecified atom stereocenters. The van der Waals surface area contributed by atoms with Crippen LogP contribution in [0.15, 0.2) is 24.3 Å². The number of halogens is 4. The van der Waals surface area contributed by atoms with E-state index in [2.05, 4.69) is 15.4 Å². The van der Waals surface area contributed by atoms with Crippen molar-refractivity contribution in [3.63, 3.8) is 0 Å². The standard InChI is InChI=1S/C11H12ClF3N2O2/c12-6-1-7-16-10(18)17-8-2-4-9(5-3-8)19-11(13,14)15/h2-5H,1,6-7H2,(H2,16,17,18). The zero-order valence-electron chi connectivity index (χ0n) is 9.76. The molecule has 8 heteroatoms. The number of carbonyl (C=O) groups is 1. The fourth-order valence-electron chi connectivity index (χ4n) is 1.18. The number of urea groups is 1. The summed E-state index contributed by atoms with van der Waals surface area (Å²) in [6.07, 6.45) is -4.10. The summed E-state index contributed by atoms with van der Waals surface area (Å²) in [7, 11) is 0. The third-order valence-corrected chi connectivity index (χ3v) is 2.21. The molecule has 0 heterocycles. The van der Waals surface area contributed by atoms with Crippen LogP contribution in [0.2, 0.25) is 0 Å². The molecule has 2 amide bonds. The molecule has 0 bridgehead atoms. The van der Waals surface area contributed by atoms with E-state index in [0.29, 0.717) is 24.5 Å². The van der Waals surface area contributed by atoms with E-state index in [1.807, 2.05) is 0 Å². The van der Waals surface area contributed by atoms with Gasteiger partial charge >= 0.3 is 12.4 Å². The van der Waals surface area contributed by atoms with E-state index in [1.54, 1.807) is 0 Å². The number of alkyl halides is 4. The van der Waals surface area contributed by atoms with Gasteiger partial charge in [0.2, 0.25) is 0 Å². The van der Waals surface area contributed by atoms with Crippen molar-refractivity contribution in [3.8, 4) is 5.75 Å². The molecule has 0 radical (unpaired) electrons.